The summed E-state index contributed by atoms with van der Waals surface area (Å²) in [7, 11) is 0. The number of hydrogen-bond donors (Lipinski definition) is 0. The summed E-state index contributed by atoms with van der Waals surface area (Å²) in [4.78, 5) is 0. The minimum absolute atomic E-state index is 1.03. The van der Waals surface area contributed by atoms with E-state index in [2.05, 4.69) is 20.8 Å². The standard InChI is InChI=1S/C13H24/c1-4-10(5-2)7-11-8-13(11)12-6-9(12)3/h9-13H,4-8H2,1-3H3. The van der Waals surface area contributed by atoms with Gasteiger partial charge in [-0.05, 0) is 48.9 Å². The van der Waals surface area contributed by atoms with Crippen LogP contribution in [0.4, 0.5) is 0 Å². The van der Waals surface area contributed by atoms with Crippen LogP contribution in [-0.4, -0.2) is 0 Å². The van der Waals surface area contributed by atoms with Crippen molar-refractivity contribution in [3.8, 4) is 0 Å². The smallest absolute Gasteiger partial charge is 0.0352 e. The third-order valence-electron chi connectivity index (χ3n) is 4.49. The topological polar surface area (TPSA) is 0 Å². The summed E-state index contributed by atoms with van der Waals surface area (Å²) in [6, 6.07) is 0. The highest BCUT2D eigenvalue weighted by atomic mass is 14.6. The highest BCUT2D eigenvalue weighted by molar-refractivity contribution is 5.00. The lowest BCUT2D eigenvalue weighted by atomic mass is 9.95. The Bertz CT molecular complexity index is 169. The summed E-state index contributed by atoms with van der Waals surface area (Å²) in [6.07, 6.45) is 7.47. The van der Waals surface area contributed by atoms with E-state index in [9.17, 15) is 0 Å². The van der Waals surface area contributed by atoms with Crippen LogP contribution < -0.4 is 0 Å². The monoisotopic (exact) mass is 180 g/mol. The molecule has 0 heteroatoms. The Kier molecular flexibility index (Phi) is 2.67. The maximum Gasteiger partial charge on any atom is -0.0352 e. The SMILES string of the molecule is CCC(CC)CC1CC1C1CC1C. The quantitative estimate of drug-likeness (QED) is 0.597. The van der Waals surface area contributed by atoms with Crippen molar-refractivity contribution in [2.75, 3.05) is 0 Å². The van der Waals surface area contributed by atoms with Gasteiger partial charge in [0.2, 0.25) is 0 Å². The molecule has 2 saturated carbocycles. The van der Waals surface area contributed by atoms with Gasteiger partial charge in [-0.25, -0.2) is 0 Å². The molecule has 76 valence electrons. The van der Waals surface area contributed by atoms with Crippen LogP contribution in [-0.2, 0) is 0 Å². The Labute approximate surface area is 83.1 Å². The van der Waals surface area contributed by atoms with Gasteiger partial charge in [0, 0.05) is 0 Å². The van der Waals surface area contributed by atoms with Gasteiger partial charge in [-0.2, -0.15) is 0 Å². The second-order valence-corrected chi connectivity index (χ2v) is 5.45. The van der Waals surface area contributed by atoms with E-state index in [4.69, 9.17) is 0 Å². The molecule has 2 rings (SSSR count). The molecule has 0 aromatic carbocycles. The summed E-state index contributed by atoms with van der Waals surface area (Å²) in [6.45, 7) is 7.13. The molecule has 0 radical (unpaired) electrons. The average molecular weight is 180 g/mol. The van der Waals surface area contributed by atoms with Gasteiger partial charge in [0.05, 0.1) is 0 Å². The fourth-order valence-corrected chi connectivity index (χ4v) is 3.06. The highest BCUT2D eigenvalue weighted by Crippen LogP contribution is 2.59. The van der Waals surface area contributed by atoms with Crippen LogP contribution in [0.25, 0.3) is 0 Å². The molecule has 2 aliphatic carbocycles. The minimum Gasteiger partial charge on any atom is -0.0651 e. The molecule has 0 N–H and O–H groups in total. The largest absolute Gasteiger partial charge is 0.0651 e. The average Bonchev–Trinajstić information content (AvgIpc) is 2.98. The molecule has 4 atom stereocenters. The molecule has 2 fully saturated rings. The third-order valence-corrected chi connectivity index (χ3v) is 4.49. The van der Waals surface area contributed by atoms with Crippen molar-refractivity contribution < 1.29 is 0 Å². The van der Waals surface area contributed by atoms with Gasteiger partial charge in [-0.15, -0.1) is 0 Å². The molecule has 13 heavy (non-hydrogen) atoms. The molecule has 0 saturated heterocycles. The lowest BCUT2D eigenvalue weighted by Crippen LogP contribution is -1.99. The summed E-state index contributed by atoms with van der Waals surface area (Å²) in [5.74, 6) is 5.57. The van der Waals surface area contributed by atoms with Crippen LogP contribution >= 0.6 is 0 Å². The molecule has 0 aromatic rings. The molecule has 0 aromatic heterocycles. The van der Waals surface area contributed by atoms with Gasteiger partial charge < -0.3 is 0 Å². The predicted molar refractivity (Wildman–Crippen MR) is 57.6 cm³/mol. The van der Waals surface area contributed by atoms with Gasteiger partial charge >= 0.3 is 0 Å². The van der Waals surface area contributed by atoms with Crippen molar-refractivity contribution >= 4 is 0 Å². The second-order valence-electron chi connectivity index (χ2n) is 5.45. The molecule has 4 unspecified atom stereocenters. The summed E-state index contributed by atoms with van der Waals surface area (Å²) < 4.78 is 0. The predicted octanol–water partition coefficient (Wildman–Crippen LogP) is 4.10. The fourth-order valence-electron chi connectivity index (χ4n) is 3.06. The first-order valence-corrected chi connectivity index (χ1v) is 6.26. The summed E-state index contributed by atoms with van der Waals surface area (Å²) >= 11 is 0. The van der Waals surface area contributed by atoms with Crippen LogP contribution in [0.2, 0.25) is 0 Å². The van der Waals surface area contributed by atoms with E-state index < -0.39 is 0 Å². The third kappa shape index (κ3) is 2.08. The lowest BCUT2D eigenvalue weighted by molar-refractivity contribution is 0.407. The van der Waals surface area contributed by atoms with Gasteiger partial charge in [-0.3, -0.25) is 0 Å². The highest BCUT2D eigenvalue weighted by Gasteiger charge is 2.51. The Morgan fingerprint density at radius 1 is 1.08 bits per heavy atom. The Balaban J connectivity index is 1.68. The van der Waals surface area contributed by atoms with Crippen LogP contribution in [0.5, 0.6) is 0 Å². The molecule has 0 bridgehead atoms. The Hall–Kier alpha value is 0. The Morgan fingerprint density at radius 3 is 2.15 bits per heavy atom. The van der Waals surface area contributed by atoms with Gasteiger partial charge in [0.15, 0.2) is 0 Å². The van der Waals surface area contributed by atoms with Crippen molar-refractivity contribution in [2.24, 2.45) is 29.6 Å². The molecule has 0 aliphatic heterocycles. The number of rotatable bonds is 5. The second kappa shape index (κ2) is 3.63. The van der Waals surface area contributed by atoms with E-state index >= 15 is 0 Å². The van der Waals surface area contributed by atoms with Crippen molar-refractivity contribution in [2.45, 2.75) is 52.9 Å². The van der Waals surface area contributed by atoms with Gasteiger partial charge in [-0.1, -0.05) is 33.6 Å². The molecule has 0 spiro atoms. The first-order valence-electron chi connectivity index (χ1n) is 6.26. The minimum atomic E-state index is 1.03. The first-order chi connectivity index (χ1) is 6.26. The van der Waals surface area contributed by atoms with Crippen molar-refractivity contribution in [3.05, 3.63) is 0 Å². The lowest BCUT2D eigenvalue weighted by Gasteiger charge is -2.11. The number of hydrogen-bond acceptors (Lipinski definition) is 0. The van der Waals surface area contributed by atoms with Gasteiger partial charge in [0.1, 0.15) is 0 Å². The summed E-state index contributed by atoms with van der Waals surface area (Å²) in [5.41, 5.74) is 0. The zero-order valence-corrected chi connectivity index (χ0v) is 9.42. The molecule has 2 aliphatic rings. The molecule has 0 heterocycles. The van der Waals surface area contributed by atoms with Crippen LogP contribution in [0, 0.1) is 29.6 Å². The van der Waals surface area contributed by atoms with Crippen LogP contribution in [0.3, 0.4) is 0 Å². The van der Waals surface area contributed by atoms with Crippen molar-refractivity contribution in [1.82, 2.24) is 0 Å². The van der Waals surface area contributed by atoms with Crippen LogP contribution in [0.15, 0.2) is 0 Å². The van der Waals surface area contributed by atoms with Crippen molar-refractivity contribution in [1.29, 1.82) is 0 Å². The molecule has 0 nitrogen and oxygen atoms in total. The zero-order valence-electron chi connectivity index (χ0n) is 9.42. The first kappa shape index (κ1) is 9.55. The van der Waals surface area contributed by atoms with E-state index in [-0.39, 0.29) is 0 Å². The maximum absolute atomic E-state index is 2.43. The van der Waals surface area contributed by atoms with E-state index in [1.54, 1.807) is 19.3 Å². The van der Waals surface area contributed by atoms with E-state index in [0.717, 1.165) is 29.6 Å². The van der Waals surface area contributed by atoms with Gasteiger partial charge in [0.25, 0.3) is 0 Å². The zero-order chi connectivity index (χ0) is 9.42. The fraction of sp³-hybridized carbons (Fsp3) is 1.00. The van der Waals surface area contributed by atoms with Crippen molar-refractivity contribution in [3.63, 3.8) is 0 Å². The molecular weight excluding hydrogens is 156 g/mol. The van der Waals surface area contributed by atoms with E-state index in [0.29, 0.717) is 0 Å². The maximum atomic E-state index is 2.43. The van der Waals surface area contributed by atoms with E-state index in [1.807, 2.05) is 0 Å². The Morgan fingerprint density at radius 2 is 1.69 bits per heavy atom. The molecule has 0 amide bonds. The normalized spacial score (nSPS) is 42.5. The molecular formula is C13H24. The summed E-state index contributed by atoms with van der Waals surface area (Å²) in [5, 5.41) is 0. The van der Waals surface area contributed by atoms with Crippen LogP contribution in [0.1, 0.15) is 52.9 Å². The van der Waals surface area contributed by atoms with E-state index in [1.165, 1.54) is 12.8 Å².